The summed E-state index contributed by atoms with van der Waals surface area (Å²) in [6.45, 7) is 1.21. The summed E-state index contributed by atoms with van der Waals surface area (Å²) in [4.78, 5) is 31.0. The van der Waals surface area contributed by atoms with Crippen LogP contribution in [0.15, 0.2) is 48.5 Å². The molecule has 0 saturated heterocycles. The molecule has 1 unspecified atom stereocenters. The van der Waals surface area contributed by atoms with Gasteiger partial charge in [-0.25, -0.2) is 0 Å². The Labute approximate surface area is 160 Å². The van der Waals surface area contributed by atoms with E-state index in [0.29, 0.717) is 5.56 Å². The fourth-order valence-corrected chi connectivity index (χ4v) is 3.58. The number of carbonyl (C=O) groups is 2. The van der Waals surface area contributed by atoms with Gasteiger partial charge in [-0.05, 0) is 11.6 Å². The summed E-state index contributed by atoms with van der Waals surface area (Å²) in [5, 5.41) is 20.9. The number of nitro groups is 1. The molecule has 0 aliphatic carbocycles. The fourth-order valence-electron chi connectivity index (χ4n) is 1.80. The summed E-state index contributed by atoms with van der Waals surface area (Å²) >= 11 is -0.167. The van der Waals surface area contributed by atoms with Crippen molar-refractivity contribution in [2.75, 3.05) is 5.32 Å². The molecule has 0 aromatic heterocycles. The fraction of sp³-hybridized carbons (Fsp3) is 0.0667. The van der Waals surface area contributed by atoms with Crippen molar-refractivity contribution in [2.24, 2.45) is 0 Å². The van der Waals surface area contributed by atoms with Crippen molar-refractivity contribution < 1.29 is 31.5 Å². The molecule has 0 spiro atoms. The van der Waals surface area contributed by atoms with E-state index in [9.17, 15) is 27.5 Å². The second-order valence-corrected chi connectivity index (χ2v) is 8.76. The number of nitro benzene ring substituents is 1. The smallest absolute Gasteiger partial charge is 0.252 e. The molecule has 0 radical (unpaired) electrons. The minimum atomic E-state index is -5.33. The van der Waals surface area contributed by atoms with Crippen LogP contribution in [-0.4, -0.2) is 39.6 Å². The van der Waals surface area contributed by atoms with Crippen LogP contribution in [0.5, 0.6) is 0 Å². The monoisotopic (exact) mass is 460 g/mol. The Morgan fingerprint density at radius 3 is 2.22 bits per heavy atom. The molecule has 1 amide bonds. The predicted molar refractivity (Wildman–Crippen MR) is 96.0 cm³/mol. The number of anilines is 1. The third-order valence-corrected chi connectivity index (χ3v) is 5.66. The molecule has 0 saturated carbocycles. The van der Waals surface area contributed by atoms with Gasteiger partial charge >= 0.3 is 103 Å². The molecule has 2 rings (SSSR count). The number of benzene rings is 2. The standard InChI is InChI=1S/C8H9AsN2O7.C7H5ClO/c1-5(12)10-6-2-3-7(9(13,14)18-17)8(4-6)11(15)16;8-7(9)6-4-2-1-3-5-6/h2-4,17H,1H3,(H,10,12)(H,13,14);1-5H. The van der Waals surface area contributed by atoms with Crippen LogP contribution in [0, 0.1) is 10.1 Å². The zero-order valence-corrected chi connectivity index (χ0v) is 16.4. The normalized spacial score (nSPS) is 12.1. The van der Waals surface area contributed by atoms with Crippen molar-refractivity contribution in [2.45, 2.75) is 6.92 Å². The molecule has 144 valence electrons. The van der Waals surface area contributed by atoms with E-state index in [1.807, 2.05) is 6.07 Å². The van der Waals surface area contributed by atoms with Gasteiger partial charge in [0.15, 0.2) is 0 Å². The number of hydrogen-bond donors (Lipinski definition) is 3. The number of hydrogen-bond acceptors (Lipinski definition) is 7. The Hall–Kier alpha value is -2.49. The van der Waals surface area contributed by atoms with Crippen molar-refractivity contribution in [1.82, 2.24) is 0 Å². The first kappa shape index (κ1) is 22.5. The van der Waals surface area contributed by atoms with E-state index in [1.165, 1.54) is 13.0 Å². The van der Waals surface area contributed by atoms with E-state index >= 15 is 0 Å². The molecule has 2 aromatic rings. The summed E-state index contributed by atoms with van der Waals surface area (Å²) in [6.07, 6.45) is 0. The molecule has 27 heavy (non-hydrogen) atoms. The topological polar surface area (TPSA) is 156 Å². The molecule has 0 fully saturated rings. The molecular formula is C15H14AsClN2O8. The molecule has 12 heteroatoms. The predicted octanol–water partition coefficient (Wildman–Crippen LogP) is 1.68. The molecule has 2 aromatic carbocycles. The largest absolute Gasteiger partial charge is 0.276 e. The molecule has 0 heterocycles. The minimum Gasteiger partial charge on any atom is -0.276 e. The summed E-state index contributed by atoms with van der Waals surface area (Å²) in [5.41, 5.74) is -0.0918. The quantitative estimate of drug-likeness (QED) is 0.200. The van der Waals surface area contributed by atoms with Crippen molar-refractivity contribution in [3.05, 3.63) is 64.2 Å². The van der Waals surface area contributed by atoms with Crippen molar-refractivity contribution in [3.8, 4) is 0 Å². The molecule has 0 bridgehead atoms. The summed E-state index contributed by atoms with van der Waals surface area (Å²) in [5.74, 6) is -0.451. The van der Waals surface area contributed by atoms with Gasteiger partial charge in [0.05, 0.1) is 0 Å². The first-order valence-corrected chi connectivity index (χ1v) is 10.7. The molecule has 1 atom stereocenters. The summed E-state index contributed by atoms with van der Waals surface area (Å²) < 4.78 is 23.4. The van der Waals surface area contributed by atoms with Gasteiger partial charge in [0, 0.05) is 5.56 Å². The van der Waals surface area contributed by atoms with Crippen LogP contribution in [0.2, 0.25) is 0 Å². The summed E-state index contributed by atoms with van der Waals surface area (Å²) in [6, 6.07) is 11.8. The molecule has 0 aliphatic heterocycles. The van der Waals surface area contributed by atoms with E-state index in [-0.39, 0.29) is 5.69 Å². The number of nitrogens with one attached hydrogen (secondary N) is 1. The van der Waals surface area contributed by atoms with Gasteiger partial charge in [0.25, 0.3) is 5.24 Å². The molecule has 10 nitrogen and oxygen atoms in total. The SMILES string of the molecule is CC(=O)Nc1ccc([As](=O)(O)OO)c([N+](=O)[O-])c1.O=C(Cl)c1ccccc1. The maximum atomic E-state index is 11.4. The summed E-state index contributed by atoms with van der Waals surface area (Å²) in [7, 11) is 0. The number of carbonyl (C=O) groups excluding carboxylic acids is 2. The van der Waals surface area contributed by atoms with Crippen LogP contribution in [0.1, 0.15) is 17.3 Å². The van der Waals surface area contributed by atoms with Gasteiger partial charge in [-0.15, -0.1) is 0 Å². The third-order valence-electron chi connectivity index (χ3n) is 2.91. The second kappa shape index (κ2) is 10.0. The van der Waals surface area contributed by atoms with Crippen LogP contribution >= 0.6 is 11.6 Å². The first-order chi connectivity index (χ1) is 12.6. The zero-order chi connectivity index (χ0) is 20.6. The molecule has 3 N–H and O–H groups in total. The first-order valence-electron chi connectivity index (χ1n) is 7.06. The van der Waals surface area contributed by atoms with Gasteiger partial charge in [-0.3, -0.25) is 4.79 Å². The number of halogens is 1. The number of rotatable bonds is 5. The van der Waals surface area contributed by atoms with Gasteiger partial charge in [-0.2, -0.15) is 0 Å². The van der Waals surface area contributed by atoms with Crippen LogP contribution in [0.4, 0.5) is 11.4 Å². The van der Waals surface area contributed by atoms with Gasteiger partial charge in [-0.1, -0.05) is 30.3 Å². The Morgan fingerprint density at radius 2 is 1.81 bits per heavy atom. The third kappa shape index (κ3) is 6.97. The van der Waals surface area contributed by atoms with Crippen molar-refractivity contribution >= 4 is 52.6 Å². The van der Waals surface area contributed by atoms with Crippen LogP contribution < -0.4 is 9.67 Å². The Morgan fingerprint density at radius 1 is 1.22 bits per heavy atom. The molecular weight excluding hydrogens is 447 g/mol. The van der Waals surface area contributed by atoms with Crippen molar-refractivity contribution in [1.29, 1.82) is 0 Å². The Kier molecular flexibility index (Phi) is 8.35. The Bertz CT molecular complexity index is 891. The van der Waals surface area contributed by atoms with Crippen molar-refractivity contribution in [3.63, 3.8) is 0 Å². The van der Waals surface area contributed by atoms with E-state index in [2.05, 4.69) is 9.19 Å². The van der Waals surface area contributed by atoms with Gasteiger partial charge < -0.3 is 0 Å². The van der Waals surface area contributed by atoms with Gasteiger partial charge in [0.2, 0.25) is 0 Å². The average molecular weight is 461 g/mol. The maximum Gasteiger partial charge on any atom is 0.252 e. The van der Waals surface area contributed by atoms with Crippen LogP contribution in [-0.2, 0) is 12.4 Å². The zero-order valence-electron chi connectivity index (χ0n) is 13.7. The van der Waals surface area contributed by atoms with Gasteiger partial charge in [0.1, 0.15) is 0 Å². The maximum absolute atomic E-state index is 11.4. The minimum absolute atomic E-state index is 0.0892. The van der Waals surface area contributed by atoms with E-state index in [0.717, 1.165) is 12.1 Å². The number of nitrogens with zero attached hydrogens (tertiary/aromatic N) is 1. The van der Waals surface area contributed by atoms with Crippen LogP contribution in [0.25, 0.3) is 0 Å². The van der Waals surface area contributed by atoms with E-state index < -0.39 is 40.3 Å². The van der Waals surface area contributed by atoms with E-state index in [4.69, 9.17) is 16.9 Å². The molecule has 0 aliphatic rings. The second-order valence-electron chi connectivity index (χ2n) is 4.88. The Balaban J connectivity index is 0.000000337. The van der Waals surface area contributed by atoms with E-state index in [1.54, 1.807) is 24.3 Å². The van der Waals surface area contributed by atoms with Crippen LogP contribution in [0.3, 0.4) is 0 Å². The average Bonchev–Trinajstić information content (AvgIpc) is 2.62. The number of amides is 1.